The van der Waals surface area contributed by atoms with E-state index in [-0.39, 0.29) is 11.1 Å². The van der Waals surface area contributed by atoms with Crippen molar-refractivity contribution >= 4 is 21.8 Å². The van der Waals surface area contributed by atoms with Gasteiger partial charge >= 0.3 is 0 Å². The van der Waals surface area contributed by atoms with Crippen LogP contribution in [0.2, 0.25) is 0 Å². The first-order chi connectivity index (χ1) is 7.06. The Morgan fingerprint density at radius 1 is 1.47 bits per heavy atom. The van der Waals surface area contributed by atoms with Crippen molar-refractivity contribution in [2.45, 2.75) is 6.92 Å². The molecule has 3 nitrogen and oxygen atoms in total. The fraction of sp³-hybridized carbons (Fsp3) is 0.222. The highest BCUT2D eigenvalue weighted by Crippen LogP contribution is 2.19. The van der Waals surface area contributed by atoms with Crippen molar-refractivity contribution in [1.82, 2.24) is 5.48 Å². The predicted octanol–water partition coefficient (Wildman–Crippen LogP) is 2.41. The van der Waals surface area contributed by atoms with E-state index in [1.807, 2.05) is 5.48 Å². The fourth-order valence-corrected chi connectivity index (χ4v) is 1.35. The van der Waals surface area contributed by atoms with E-state index in [2.05, 4.69) is 20.8 Å². The van der Waals surface area contributed by atoms with E-state index < -0.39 is 23.1 Å². The molecule has 0 spiro atoms. The number of nitrogens with one attached hydrogen (secondary N) is 1. The number of benzene rings is 1. The third-order valence-electron chi connectivity index (χ3n) is 1.54. The summed E-state index contributed by atoms with van der Waals surface area (Å²) in [7, 11) is 0. The van der Waals surface area contributed by atoms with E-state index in [9.17, 15) is 13.6 Å². The first kappa shape index (κ1) is 12.1. The number of amides is 1. The third-order valence-corrected chi connectivity index (χ3v) is 2.00. The van der Waals surface area contributed by atoms with Gasteiger partial charge in [-0.05, 0) is 19.1 Å². The Morgan fingerprint density at radius 2 is 2.00 bits per heavy atom. The second kappa shape index (κ2) is 5.18. The smallest absolute Gasteiger partial charge is 0.274 e. The Labute approximate surface area is 93.5 Å². The first-order valence-corrected chi connectivity index (χ1v) is 4.92. The Bertz CT molecular complexity index is 361. The van der Waals surface area contributed by atoms with Gasteiger partial charge in [0, 0.05) is 4.47 Å². The summed E-state index contributed by atoms with van der Waals surface area (Å²) in [5.41, 5.74) is 1.25. The molecule has 6 heteroatoms. The number of carbonyl (C=O) groups excluding carboxylic acids is 1. The molecule has 0 atom stereocenters. The van der Waals surface area contributed by atoms with E-state index in [0.29, 0.717) is 0 Å². The van der Waals surface area contributed by atoms with Crippen molar-refractivity contribution in [3.8, 4) is 0 Å². The molecular weight excluding hydrogens is 272 g/mol. The molecule has 0 aromatic heterocycles. The topological polar surface area (TPSA) is 38.3 Å². The van der Waals surface area contributed by atoms with Crippen molar-refractivity contribution in [2.24, 2.45) is 0 Å². The lowest BCUT2D eigenvalue weighted by molar-refractivity contribution is 0.0357. The van der Waals surface area contributed by atoms with Crippen LogP contribution in [0.4, 0.5) is 8.78 Å². The highest BCUT2D eigenvalue weighted by atomic mass is 79.9. The largest absolute Gasteiger partial charge is 0.280 e. The standard InChI is InChI=1S/C9H8BrF2NO2/c1-2-15-13-9(14)8-6(11)3-5(10)4-7(8)12/h3-4H,2H2,1H3,(H,13,14). The molecule has 1 N–H and O–H groups in total. The van der Waals surface area contributed by atoms with E-state index in [1.54, 1.807) is 6.92 Å². The minimum atomic E-state index is -0.945. The number of hydrogen-bond donors (Lipinski definition) is 1. The van der Waals surface area contributed by atoms with Crippen LogP contribution in [-0.4, -0.2) is 12.5 Å². The lowest BCUT2D eigenvalue weighted by Gasteiger charge is -2.06. The lowest BCUT2D eigenvalue weighted by atomic mass is 10.2. The molecule has 82 valence electrons. The predicted molar refractivity (Wildman–Crippen MR) is 53.2 cm³/mol. The second-order valence-electron chi connectivity index (χ2n) is 2.61. The Morgan fingerprint density at radius 3 is 2.47 bits per heavy atom. The van der Waals surface area contributed by atoms with Crippen LogP contribution in [0.5, 0.6) is 0 Å². The molecule has 0 radical (unpaired) electrons. The summed E-state index contributed by atoms with van der Waals surface area (Å²) < 4.78 is 26.6. The third kappa shape index (κ3) is 2.97. The molecule has 1 aromatic carbocycles. The molecule has 0 bridgehead atoms. The van der Waals surface area contributed by atoms with Crippen LogP contribution in [0.25, 0.3) is 0 Å². The number of carbonyl (C=O) groups is 1. The van der Waals surface area contributed by atoms with Crippen LogP contribution < -0.4 is 5.48 Å². The van der Waals surface area contributed by atoms with Crippen molar-refractivity contribution in [3.63, 3.8) is 0 Å². The minimum absolute atomic E-state index is 0.214. The lowest BCUT2D eigenvalue weighted by Crippen LogP contribution is -2.25. The van der Waals surface area contributed by atoms with Crippen LogP contribution in [0.15, 0.2) is 16.6 Å². The van der Waals surface area contributed by atoms with Gasteiger partial charge in [-0.15, -0.1) is 0 Å². The molecule has 15 heavy (non-hydrogen) atoms. The van der Waals surface area contributed by atoms with Crippen molar-refractivity contribution in [3.05, 3.63) is 33.8 Å². The monoisotopic (exact) mass is 279 g/mol. The maximum Gasteiger partial charge on any atom is 0.280 e. The number of rotatable bonds is 3. The second-order valence-corrected chi connectivity index (χ2v) is 3.52. The summed E-state index contributed by atoms with van der Waals surface area (Å²) in [4.78, 5) is 15.8. The van der Waals surface area contributed by atoms with E-state index in [4.69, 9.17) is 0 Å². The van der Waals surface area contributed by atoms with Crippen LogP contribution in [-0.2, 0) is 4.84 Å². The minimum Gasteiger partial charge on any atom is -0.274 e. The Balaban J connectivity index is 2.98. The van der Waals surface area contributed by atoms with Crippen LogP contribution >= 0.6 is 15.9 Å². The average Bonchev–Trinajstić information content (AvgIpc) is 2.12. The summed E-state index contributed by atoms with van der Waals surface area (Å²) >= 11 is 2.91. The van der Waals surface area contributed by atoms with Gasteiger partial charge in [-0.25, -0.2) is 14.3 Å². The summed E-state index contributed by atoms with van der Waals surface area (Å²) in [6.45, 7) is 1.85. The van der Waals surface area contributed by atoms with Crippen LogP contribution in [0.3, 0.4) is 0 Å². The number of hydrogen-bond acceptors (Lipinski definition) is 2. The summed E-state index contributed by atoms with van der Waals surface area (Å²) in [5, 5.41) is 0. The molecule has 0 heterocycles. The van der Waals surface area contributed by atoms with Gasteiger partial charge in [0.05, 0.1) is 6.61 Å². The number of hydroxylamine groups is 1. The van der Waals surface area contributed by atoms with Crippen molar-refractivity contribution in [2.75, 3.05) is 6.61 Å². The molecule has 0 saturated carbocycles. The van der Waals surface area contributed by atoms with Crippen LogP contribution in [0.1, 0.15) is 17.3 Å². The maximum atomic E-state index is 13.2. The highest BCUT2D eigenvalue weighted by Gasteiger charge is 2.18. The SMILES string of the molecule is CCONC(=O)c1c(F)cc(Br)cc1F. The summed E-state index contributed by atoms with van der Waals surface area (Å²) in [5.74, 6) is -2.84. The molecule has 0 saturated heterocycles. The van der Waals surface area contributed by atoms with E-state index in [0.717, 1.165) is 12.1 Å². The van der Waals surface area contributed by atoms with Gasteiger partial charge in [0.1, 0.15) is 17.2 Å². The van der Waals surface area contributed by atoms with Gasteiger partial charge in [0.2, 0.25) is 0 Å². The Kier molecular flexibility index (Phi) is 4.16. The van der Waals surface area contributed by atoms with E-state index in [1.165, 1.54) is 0 Å². The average molecular weight is 280 g/mol. The van der Waals surface area contributed by atoms with Gasteiger partial charge in [-0.2, -0.15) is 0 Å². The quantitative estimate of drug-likeness (QED) is 0.863. The molecule has 0 aliphatic carbocycles. The Hall–Kier alpha value is -1.01. The van der Waals surface area contributed by atoms with Gasteiger partial charge in [0.25, 0.3) is 5.91 Å². The van der Waals surface area contributed by atoms with Crippen molar-refractivity contribution in [1.29, 1.82) is 0 Å². The fourth-order valence-electron chi connectivity index (χ4n) is 0.948. The highest BCUT2D eigenvalue weighted by molar-refractivity contribution is 9.10. The van der Waals surface area contributed by atoms with Gasteiger partial charge in [-0.1, -0.05) is 15.9 Å². The normalized spacial score (nSPS) is 10.1. The van der Waals surface area contributed by atoms with Crippen molar-refractivity contribution < 1.29 is 18.4 Å². The van der Waals surface area contributed by atoms with E-state index >= 15 is 0 Å². The number of halogens is 3. The summed E-state index contributed by atoms with van der Waals surface area (Å²) in [6, 6.07) is 2.01. The molecule has 1 amide bonds. The maximum absolute atomic E-state index is 13.2. The van der Waals surface area contributed by atoms with Crippen LogP contribution in [0, 0.1) is 11.6 Å². The molecule has 0 unspecified atom stereocenters. The molecule has 0 aliphatic rings. The molecule has 1 rings (SSSR count). The van der Waals surface area contributed by atoms with Gasteiger partial charge in [0.15, 0.2) is 0 Å². The zero-order valence-electron chi connectivity index (χ0n) is 7.81. The molecular formula is C9H8BrF2NO2. The molecule has 1 aromatic rings. The zero-order chi connectivity index (χ0) is 11.4. The summed E-state index contributed by atoms with van der Waals surface area (Å²) in [6.07, 6.45) is 0. The molecule has 0 aliphatic heterocycles. The van der Waals surface area contributed by atoms with Gasteiger partial charge in [-0.3, -0.25) is 9.63 Å². The van der Waals surface area contributed by atoms with Gasteiger partial charge < -0.3 is 0 Å². The first-order valence-electron chi connectivity index (χ1n) is 4.13. The molecule has 0 fully saturated rings. The zero-order valence-corrected chi connectivity index (χ0v) is 9.40.